The van der Waals surface area contributed by atoms with Gasteiger partial charge in [0.1, 0.15) is 5.01 Å². The van der Waals surface area contributed by atoms with E-state index < -0.39 is 4.92 Å². The van der Waals surface area contributed by atoms with Crippen LogP contribution in [0.25, 0.3) is 10.6 Å². The lowest BCUT2D eigenvalue weighted by Gasteiger charge is -2.07. The van der Waals surface area contributed by atoms with Crippen molar-refractivity contribution in [2.75, 3.05) is 5.32 Å². The van der Waals surface area contributed by atoms with E-state index in [1.807, 2.05) is 35.7 Å². The molecule has 0 aliphatic carbocycles. The Morgan fingerprint density at radius 2 is 2.00 bits per heavy atom. The molecule has 0 spiro atoms. The van der Waals surface area contributed by atoms with Crippen LogP contribution < -0.4 is 5.32 Å². The minimum atomic E-state index is -0.459. The van der Waals surface area contributed by atoms with Crippen LogP contribution in [0, 0.1) is 17.0 Å². The molecule has 0 saturated carbocycles. The number of hydrogen-bond acceptors (Lipinski definition) is 5. The zero-order valence-corrected chi connectivity index (χ0v) is 14.2. The number of carbonyl (C=O) groups is 1. The van der Waals surface area contributed by atoms with Crippen molar-refractivity contribution in [1.82, 2.24) is 4.98 Å². The molecule has 0 radical (unpaired) electrons. The van der Waals surface area contributed by atoms with Gasteiger partial charge in [-0.3, -0.25) is 14.9 Å². The summed E-state index contributed by atoms with van der Waals surface area (Å²) in [5.41, 5.74) is 2.92. The van der Waals surface area contributed by atoms with Crippen LogP contribution in [0.15, 0.2) is 53.9 Å². The van der Waals surface area contributed by atoms with Gasteiger partial charge < -0.3 is 5.32 Å². The smallest absolute Gasteiger partial charge is 0.269 e. The molecule has 1 amide bonds. The van der Waals surface area contributed by atoms with Gasteiger partial charge in [0.25, 0.3) is 5.69 Å². The second-order valence-corrected chi connectivity index (χ2v) is 6.35. The number of nitrogens with one attached hydrogen (secondary N) is 1. The molecule has 1 heterocycles. The Labute approximate surface area is 148 Å². The van der Waals surface area contributed by atoms with Gasteiger partial charge in [-0.05, 0) is 18.6 Å². The van der Waals surface area contributed by atoms with E-state index in [1.54, 1.807) is 13.0 Å². The monoisotopic (exact) mass is 353 g/mol. The van der Waals surface area contributed by atoms with Crippen LogP contribution >= 0.6 is 11.3 Å². The summed E-state index contributed by atoms with van der Waals surface area (Å²) >= 11 is 1.49. The summed E-state index contributed by atoms with van der Waals surface area (Å²) in [6, 6.07) is 14.1. The minimum absolute atomic E-state index is 0.00232. The Balaban J connectivity index is 1.67. The maximum atomic E-state index is 12.2. The maximum Gasteiger partial charge on any atom is 0.269 e. The van der Waals surface area contributed by atoms with Gasteiger partial charge in [0.2, 0.25) is 5.91 Å². The molecule has 6 nitrogen and oxygen atoms in total. The fourth-order valence-corrected chi connectivity index (χ4v) is 3.19. The van der Waals surface area contributed by atoms with E-state index in [0.29, 0.717) is 16.9 Å². The Hall–Kier alpha value is -3.06. The third kappa shape index (κ3) is 4.07. The molecular formula is C18H15N3O3S. The van der Waals surface area contributed by atoms with Crippen molar-refractivity contribution in [3.8, 4) is 10.6 Å². The summed E-state index contributed by atoms with van der Waals surface area (Å²) in [5.74, 6) is -0.207. The van der Waals surface area contributed by atoms with Crippen LogP contribution in [0.3, 0.4) is 0 Å². The second-order valence-electron chi connectivity index (χ2n) is 5.49. The van der Waals surface area contributed by atoms with Crippen molar-refractivity contribution >= 4 is 28.6 Å². The van der Waals surface area contributed by atoms with E-state index in [1.165, 1.54) is 23.5 Å². The Morgan fingerprint density at radius 1 is 1.24 bits per heavy atom. The van der Waals surface area contributed by atoms with Gasteiger partial charge in [0.05, 0.1) is 17.0 Å². The molecule has 0 saturated heterocycles. The zero-order chi connectivity index (χ0) is 17.8. The van der Waals surface area contributed by atoms with Gasteiger partial charge in [-0.1, -0.05) is 30.3 Å². The Morgan fingerprint density at radius 3 is 2.68 bits per heavy atom. The summed E-state index contributed by atoms with van der Waals surface area (Å²) in [5, 5.41) is 16.3. The van der Waals surface area contributed by atoms with Crippen LogP contribution in [-0.4, -0.2) is 15.8 Å². The summed E-state index contributed by atoms with van der Waals surface area (Å²) in [6.45, 7) is 1.72. The fourth-order valence-electron chi connectivity index (χ4n) is 2.36. The number of carbonyl (C=O) groups excluding carboxylic acids is 1. The number of non-ortho nitro benzene ring substituents is 1. The number of benzene rings is 2. The topological polar surface area (TPSA) is 85.1 Å². The summed E-state index contributed by atoms with van der Waals surface area (Å²) in [7, 11) is 0. The first-order valence-corrected chi connectivity index (χ1v) is 8.45. The van der Waals surface area contributed by atoms with E-state index in [4.69, 9.17) is 0 Å². The molecule has 0 bridgehead atoms. The molecule has 3 aromatic rings. The predicted octanol–water partition coefficient (Wildman–Crippen LogP) is 4.21. The molecule has 2 aromatic carbocycles. The molecule has 0 fully saturated rings. The van der Waals surface area contributed by atoms with Gasteiger partial charge in [-0.2, -0.15) is 0 Å². The number of nitro benzene ring substituents is 1. The standard InChI is InChI=1S/C18H15N3O3S/c1-12-9-15(21(23)24)7-8-16(12)20-17(22)10-14-11-25-18(19-14)13-5-3-2-4-6-13/h2-9,11H,10H2,1H3,(H,20,22). The lowest BCUT2D eigenvalue weighted by atomic mass is 10.1. The van der Waals surface area contributed by atoms with E-state index in [9.17, 15) is 14.9 Å². The molecule has 7 heteroatoms. The molecular weight excluding hydrogens is 338 g/mol. The highest BCUT2D eigenvalue weighted by atomic mass is 32.1. The van der Waals surface area contributed by atoms with Gasteiger partial charge in [0.15, 0.2) is 0 Å². The van der Waals surface area contributed by atoms with E-state index in [2.05, 4.69) is 10.3 Å². The first kappa shape index (κ1) is 16.8. The second kappa shape index (κ2) is 7.23. The summed E-state index contributed by atoms with van der Waals surface area (Å²) in [6.07, 6.45) is 0.153. The van der Waals surface area contributed by atoms with Crippen molar-refractivity contribution in [3.05, 3.63) is 75.3 Å². The van der Waals surface area contributed by atoms with E-state index in [0.717, 1.165) is 10.6 Å². The molecule has 0 aliphatic heterocycles. The number of hydrogen-bond donors (Lipinski definition) is 1. The molecule has 25 heavy (non-hydrogen) atoms. The predicted molar refractivity (Wildman–Crippen MR) is 97.7 cm³/mol. The molecule has 126 valence electrons. The van der Waals surface area contributed by atoms with Gasteiger partial charge in [-0.15, -0.1) is 11.3 Å². The van der Waals surface area contributed by atoms with Crippen molar-refractivity contribution in [2.24, 2.45) is 0 Å². The highest BCUT2D eigenvalue weighted by Gasteiger charge is 2.12. The number of thiazole rings is 1. The van der Waals surface area contributed by atoms with Crippen molar-refractivity contribution in [3.63, 3.8) is 0 Å². The number of amides is 1. The quantitative estimate of drug-likeness (QED) is 0.550. The fraction of sp³-hybridized carbons (Fsp3) is 0.111. The number of nitrogens with zero attached hydrogens (tertiary/aromatic N) is 2. The van der Waals surface area contributed by atoms with E-state index >= 15 is 0 Å². The SMILES string of the molecule is Cc1cc([N+](=O)[O-])ccc1NC(=O)Cc1csc(-c2ccccc2)n1. The average molecular weight is 353 g/mol. The third-order valence-corrected chi connectivity index (χ3v) is 4.55. The van der Waals surface area contributed by atoms with Crippen LogP contribution in [-0.2, 0) is 11.2 Å². The number of rotatable bonds is 5. The summed E-state index contributed by atoms with van der Waals surface area (Å²) in [4.78, 5) is 27.0. The molecule has 0 atom stereocenters. The normalized spacial score (nSPS) is 10.4. The van der Waals surface area contributed by atoms with Crippen molar-refractivity contribution < 1.29 is 9.72 Å². The number of aryl methyl sites for hydroxylation is 1. The highest BCUT2D eigenvalue weighted by Crippen LogP contribution is 2.24. The van der Waals surface area contributed by atoms with Crippen molar-refractivity contribution in [1.29, 1.82) is 0 Å². The van der Waals surface area contributed by atoms with Crippen LogP contribution in [0.5, 0.6) is 0 Å². The molecule has 3 rings (SSSR count). The number of anilines is 1. The largest absolute Gasteiger partial charge is 0.326 e. The lowest BCUT2D eigenvalue weighted by Crippen LogP contribution is -2.15. The first-order valence-electron chi connectivity index (χ1n) is 7.57. The van der Waals surface area contributed by atoms with E-state index in [-0.39, 0.29) is 18.0 Å². The zero-order valence-electron chi connectivity index (χ0n) is 13.4. The van der Waals surface area contributed by atoms with Crippen LogP contribution in [0.4, 0.5) is 11.4 Å². The van der Waals surface area contributed by atoms with Crippen molar-refractivity contribution in [2.45, 2.75) is 13.3 Å². The molecule has 0 unspecified atom stereocenters. The third-order valence-electron chi connectivity index (χ3n) is 3.61. The molecule has 0 aliphatic rings. The van der Waals surface area contributed by atoms with Crippen LogP contribution in [0.2, 0.25) is 0 Å². The lowest BCUT2D eigenvalue weighted by molar-refractivity contribution is -0.384. The number of nitro groups is 1. The number of aromatic nitrogens is 1. The van der Waals surface area contributed by atoms with Crippen LogP contribution in [0.1, 0.15) is 11.3 Å². The Kier molecular flexibility index (Phi) is 4.85. The molecule has 1 aromatic heterocycles. The maximum absolute atomic E-state index is 12.2. The first-order chi connectivity index (χ1) is 12.0. The molecule has 1 N–H and O–H groups in total. The minimum Gasteiger partial charge on any atom is -0.326 e. The van der Waals surface area contributed by atoms with Gasteiger partial charge >= 0.3 is 0 Å². The van der Waals surface area contributed by atoms with Gasteiger partial charge in [0, 0.05) is 28.8 Å². The highest BCUT2D eigenvalue weighted by molar-refractivity contribution is 7.13. The average Bonchev–Trinajstić information content (AvgIpc) is 3.05. The Bertz CT molecular complexity index is 922. The van der Waals surface area contributed by atoms with Gasteiger partial charge in [-0.25, -0.2) is 4.98 Å². The summed E-state index contributed by atoms with van der Waals surface area (Å²) < 4.78 is 0.